The van der Waals surface area contributed by atoms with E-state index in [9.17, 15) is 21.6 Å². The van der Waals surface area contributed by atoms with Crippen LogP contribution in [0, 0.1) is 11.3 Å². The van der Waals surface area contributed by atoms with Crippen molar-refractivity contribution in [2.75, 3.05) is 0 Å². The molecule has 1 aromatic heterocycles. The van der Waals surface area contributed by atoms with Crippen LogP contribution in [-0.4, -0.2) is 18.2 Å². The lowest BCUT2D eigenvalue weighted by atomic mass is 10.2. The van der Waals surface area contributed by atoms with Gasteiger partial charge in [0.2, 0.25) is 5.88 Å². The van der Waals surface area contributed by atoms with E-state index in [1.165, 1.54) is 30.3 Å². The van der Waals surface area contributed by atoms with Crippen LogP contribution in [0.5, 0.6) is 5.88 Å². The van der Waals surface area contributed by atoms with Crippen LogP contribution in [0.2, 0.25) is 0 Å². The maximum atomic E-state index is 12.8. The second kappa shape index (κ2) is 5.34. The first-order valence-corrected chi connectivity index (χ1v) is 7.11. The molecule has 1 heterocycles. The average Bonchev–Trinajstić information content (AvgIpc) is 2.76. The third kappa shape index (κ3) is 2.89. The van der Waals surface area contributed by atoms with E-state index < -0.39 is 33.4 Å². The Labute approximate surface area is 123 Å². The first-order chi connectivity index (χ1) is 10.2. The van der Waals surface area contributed by atoms with Gasteiger partial charge < -0.3 is 4.18 Å². The van der Waals surface area contributed by atoms with E-state index in [-0.39, 0.29) is 4.90 Å². The van der Waals surface area contributed by atoms with Crippen LogP contribution in [0.15, 0.2) is 35.2 Å². The molecule has 0 spiro atoms. The standard InChI is InChI=1S/C12H8F3N3O3S/c1-18-11(9(7-16)10(17-18)12(13,14)15)21-22(19,20)8-5-3-2-4-6-8/h2-6H,1H3. The highest BCUT2D eigenvalue weighted by molar-refractivity contribution is 7.87. The molecule has 0 saturated carbocycles. The van der Waals surface area contributed by atoms with Crippen LogP contribution in [-0.2, 0) is 23.3 Å². The minimum Gasteiger partial charge on any atom is -0.357 e. The van der Waals surface area contributed by atoms with Crippen molar-refractivity contribution in [3.05, 3.63) is 41.6 Å². The lowest BCUT2D eigenvalue weighted by Crippen LogP contribution is -2.12. The summed E-state index contributed by atoms with van der Waals surface area (Å²) in [5.41, 5.74) is -2.50. The fourth-order valence-electron chi connectivity index (χ4n) is 1.64. The maximum Gasteiger partial charge on any atom is 0.436 e. The molecule has 22 heavy (non-hydrogen) atoms. The first-order valence-electron chi connectivity index (χ1n) is 5.70. The van der Waals surface area contributed by atoms with Crippen LogP contribution < -0.4 is 4.18 Å². The molecule has 6 nitrogen and oxygen atoms in total. The maximum absolute atomic E-state index is 12.8. The Hall–Kier alpha value is -2.54. The van der Waals surface area contributed by atoms with Gasteiger partial charge in [0.25, 0.3) is 0 Å². The number of rotatable bonds is 3. The summed E-state index contributed by atoms with van der Waals surface area (Å²) in [5.74, 6) is -0.793. The highest BCUT2D eigenvalue weighted by Crippen LogP contribution is 2.35. The van der Waals surface area contributed by atoms with Gasteiger partial charge in [0.05, 0.1) is 0 Å². The number of aryl methyl sites for hydroxylation is 1. The summed E-state index contributed by atoms with van der Waals surface area (Å²) in [7, 11) is -3.33. The molecule has 0 aliphatic rings. The summed E-state index contributed by atoms with van der Waals surface area (Å²) in [6, 6.07) is 8.10. The fourth-order valence-corrected chi connectivity index (χ4v) is 2.63. The zero-order chi connectivity index (χ0) is 16.5. The van der Waals surface area contributed by atoms with Gasteiger partial charge in [0.15, 0.2) is 5.69 Å². The van der Waals surface area contributed by atoms with Gasteiger partial charge in [-0.3, -0.25) is 0 Å². The number of nitriles is 1. The Bertz CT molecular complexity index is 836. The first kappa shape index (κ1) is 15.8. The predicted molar refractivity (Wildman–Crippen MR) is 67.2 cm³/mol. The fraction of sp³-hybridized carbons (Fsp3) is 0.167. The zero-order valence-electron chi connectivity index (χ0n) is 11.0. The van der Waals surface area contributed by atoms with Crippen LogP contribution in [0.4, 0.5) is 13.2 Å². The quantitative estimate of drug-likeness (QED) is 0.804. The Morgan fingerprint density at radius 3 is 2.36 bits per heavy atom. The van der Waals surface area contributed by atoms with Gasteiger partial charge in [0.1, 0.15) is 16.5 Å². The predicted octanol–water partition coefficient (Wildman–Crippen LogP) is 2.08. The second-order valence-electron chi connectivity index (χ2n) is 4.11. The summed E-state index contributed by atoms with van der Waals surface area (Å²) in [4.78, 5) is -0.256. The highest BCUT2D eigenvalue weighted by atomic mass is 32.2. The Morgan fingerprint density at radius 1 is 1.27 bits per heavy atom. The van der Waals surface area contributed by atoms with E-state index in [0.717, 1.165) is 7.05 Å². The molecule has 1 aromatic carbocycles. The highest BCUT2D eigenvalue weighted by Gasteiger charge is 2.40. The van der Waals surface area contributed by atoms with Gasteiger partial charge in [-0.2, -0.15) is 31.9 Å². The number of alkyl halides is 3. The molecule has 0 aliphatic heterocycles. The van der Waals surface area contributed by atoms with Crippen LogP contribution >= 0.6 is 0 Å². The molecule has 2 rings (SSSR count). The van der Waals surface area contributed by atoms with Crippen molar-refractivity contribution in [1.82, 2.24) is 9.78 Å². The van der Waals surface area contributed by atoms with Gasteiger partial charge in [-0.05, 0) is 12.1 Å². The number of halogens is 3. The van der Waals surface area contributed by atoms with Crippen molar-refractivity contribution in [2.45, 2.75) is 11.1 Å². The summed E-state index contributed by atoms with van der Waals surface area (Å²) >= 11 is 0. The molecule has 0 unspecified atom stereocenters. The molecule has 0 amide bonds. The molecule has 0 fully saturated rings. The summed E-state index contributed by atoms with van der Waals surface area (Å²) in [6.45, 7) is 0. The summed E-state index contributed by atoms with van der Waals surface area (Å²) in [6.07, 6.45) is -4.90. The van der Waals surface area contributed by atoms with Gasteiger partial charge in [-0.25, -0.2) is 4.68 Å². The van der Waals surface area contributed by atoms with Gasteiger partial charge in [0, 0.05) is 7.05 Å². The summed E-state index contributed by atoms with van der Waals surface area (Å²) in [5, 5.41) is 12.0. The molecule has 0 bridgehead atoms. The topological polar surface area (TPSA) is 85.0 Å². The molecular formula is C12H8F3N3O3S. The SMILES string of the molecule is Cn1nc(C(F)(F)F)c(C#N)c1OS(=O)(=O)c1ccccc1. The van der Waals surface area contributed by atoms with Crippen molar-refractivity contribution in [2.24, 2.45) is 7.05 Å². The molecule has 0 atom stereocenters. The van der Waals surface area contributed by atoms with E-state index in [2.05, 4.69) is 9.28 Å². The normalized spacial score (nSPS) is 12.0. The number of benzene rings is 1. The van der Waals surface area contributed by atoms with Gasteiger partial charge >= 0.3 is 16.3 Å². The van der Waals surface area contributed by atoms with E-state index in [1.807, 2.05) is 0 Å². The molecule has 0 radical (unpaired) electrons. The molecule has 0 N–H and O–H groups in total. The monoisotopic (exact) mass is 331 g/mol. The lowest BCUT2D eigenvalue weighted by molar-refractivity contribution is -0.141. The summed E-state index contributed by atoms with van der Waals surface area (Å²) < 4.78 is 67.5. The molecule has 0 aliphatic carbocycles. The Morgan fingerprint density at radius 2 is 1.86 bits per heavy atom. The van der Waals surface area contributed by atoms with E-state index >= 15 is 0 Å². The third-order valence-electron chi connectivity index (χ3n) is 2.60. The molecule has 10 heteroatoms. The molecular weight excluding hydrogens is 323 g/mol. The number of aromatic nitrogens is 2. The Kier molecular flexibility index (Phi) is 3.85. The van der Waals surface area contributed by atoms with Gasteiger partial charge in [-0.1, -0.05) is 18.2 Å². The molecule has 0 saturated heterocycles. The van der Waals surface area contributed by atoms with E-state index in [4.69, 9.17) is 5.26 Å². The van der Waals surface area contributed by atoms with Crippen molar-refractivity contribution in [3.63, 3.8) is 0 Å². The van der Waals surface area contributed by atoms with E-state index in [0.29, 0.717) is 4.68 Å². The molecule has 2 aromatic rings. The van der Waals surface area contributed by atoms with Gasteiger partial charge in [-0.15, -0.1) is 0 Å². The lowest BCUT2D eigenvalue weighted by Gasteiger charge is -2.07. The van der Waals surface area contributed by atoms with Crippen molar-refractivity contribution in [1.29, 1.82) is 5.26 Å². The van der Waals surface area contributed by atoms with Crippen LogP contribution in [0.3, 0.4) is 0 Å². The van der Waals surface area contributed by atoms with Crippen molar-refractivity contribution in [3.8, 4) is 11.9 Å². The number of hydrogen-bond donors (Lipinski definition) is 0. The van der Waals surface area contributed by atoms with Crippen LogP contribution in [0.25, 0.3) is 0 Å². The minimum atomic E-state index is -4.90. The Balaban J connectivity index is 2.52. The second-order valence-corrected chi connectivity index (χ2v) is 5.66. The van der Waals surface area contributed by atoms with Crippen molar-refractivity contribution < 1.29 is 25.8 Å². The minimum absolute atomic E-state index is 0.256. The largest absolute Gasteiger partial charge is 0.436 e. The third-order valence-corrected chi connectivity index (χ3v) is 3.82. The number of nitrogens with zero attached hydrogens (tertiary/aromatic N) is 3. The van der Waals surface area contributed by atoms with Crippen LogP contribution in [0.1, 0.15) is 11.3 Å². The average molecular weight is 331 g/mol. The number of hydrogen-bond acceptors (Lipinski definition) is 5. The molecule has 116 valence electrons. The van der Waals surface area contributed by atoms with Crippen molar-refractivity contribution >= 4 is 10.1 Å². The smallest absolute Gasteiger partial charge is 0.357 e. The van der Waals surface area contributed by atoms with E-state index in [1.54, 1.807) is 6.07 Å². The zero-order valence-corrected chi connectivity index (χ0v) is 11.8.